The summed E-state index contributed by atoms with van der Waals surface area (Å²) in [5.41, 5.74) is 0.768. The van der Waals surface area contributed by atoms with E-state index in [9.17, 15) is 10.4 Å². The number of rotatable bonds is 7. The standard InChI is InChI=1S/C14H20ClN3O/c1-3-18(4-2)8-7-17-13(10-16)11-5-6-14(19)12(15)9-11/h5-6,9,13,17,19H,3-4,7-8H2,1-2H3. The maximum atomic E-state index is 9.37. The quantitative estimate of drug-likeness (QED) is 0.806. The molecule has 1 aromatic carbocycles. The SMILES string of the molecule is CCN(CC)CCNC(C#N)c1ccc(O)c(Cl)c1. The molecule has 0 radical (unpaired) electrons. The molecule has 19 heavy (non-hydrogen) atoms. The summed E-state index contributed by atoms with van der Waals surface area (Å²) in [4.78, 5) is 2.28. The van der Waals surface area contributed by atoms with Crippen LogP contribution in [0.4, 0.5) is 0 Å². The van der Waals surface area contributed by atoms with E-state index in [1.165, 1.54) is 6.07 Å². The van der Waals surface area contributed by atoms with Gasteiger partial charge in [-0.25, -0.2) is 0 Å². The van der Waals surface area contributed by atoms with Crippen LogP contribution in [0, 0.1) is 11.3 Å². The minimum absolute atomic E-state index is 0.0326. The lowest BCUT2D eigenvalue weighted by molar-refractivity contribution is 0.300. The highest BCUT2D eigenvalue weighted by molar-refractivity contribution is 6.32. The van der Waals surface area contributed by atoms with Crippen LogP contribution in [0.15, 0.2) is 18.2 Å². The van der Waals surface area contributed by atoms with Gasteiger partial charge in [0, 0.05) is 13.1 Å². The first-order valence-corrected chi connectivity index (χ1v) is 6.83. The van der Waals surface area contributed by atoms with E-state index in [2.05, 4.69) is 30.1 Å². The van der Waals surface area contributed by atoms with Crippen LogP contribution in [-0.4, -0.2) is 36.2 Å². The van der Waals surface area contributed by atoms with E-state index in [0.29, 0.717) is 0 Å². The van der Waals surface area contributed by atoms with Crippen LogP contribution in [-0.2, 0) is 0 Å². The van der Waals surface area contributed by atoms with Gasteiger partial charge in [0.1, 0.15) is 11.8 Å². The van der Waals surface area contributed by atoms with Crippen LogP contribution < -0.4 is 5.32 Å². The molecule has 0 fully saturated rings. The van der Waals surface area contributed by atoms with Gasteiger partial charge in [-0.15, -0.1) is 0 Å². The van der Waals surface area contributed by atoms with Crippen molar-refractivity contribution in [3.63, 3.8) is 0 Å². The zero-order valence-corrected chi connectivity index (χ0v) is 12.1. The fourth-order valence-electron chi connectivity index (χ4n) is 1.85. The average molecular weight is 282 g/mol. The van der Waals surface area contributed by atoms with Crippen molar-refractivity contribution in [1.29, 1.82) is 5.26 Å². The second-order valence-electron chi connectivity index (χ2n) is 4.25. The lowest BCUT2D eigenvalue weighted by Gasteiger charge is -2.19. The van der Waals surface area contributed by atoms with Gasteiger partial charge in [-0.3, -0.25) is 5.32 Å². The number of halogens is 1. The number of nitriles is 1. The van der Waals surface area contributed by atoms with E-state index in [4.69, 9.17) is 11.6 Å². The monoisotopic (exact) mass is 281 g/mol. The minimum Gasteiger partial charge on any atom is -0.506 e. The first-order valence-electron chi connectivity index (χ1n) is 6.46. The number of nitrogens with zero attached hydrogens (tertiary/aromatic N) is 2. The molecule has 0 amide bonds. The Morgan fingerprint density at radius 1 is 1.42 bits per heavy atom. The highest BCUT2D eigenvalue weighted by Gasteiger charge is 2.11. The molecule has 5 heteroatoms. The number of aromatic hydroxyl groups is 1. The zero-order valence-electron chi connectivity index (χ0n) is 11.4. The van der Waals surface area contributed by atoms with Crippen LogP contribution in [0.2, 0.25) is 5.02 Å². The highest BCUT2D eigenvalue weighted by Crippen LogP contribution is 2.26. The average Bonchev–Trinajstić information content (AvgIpc) is 2.42. The Kier molecular flexibility index (Phi) is 6.65. The predicted molar refractivity (Wildman–Crippen MR) is 77.3 cm³/mol. The Morgan fingerprint density at radius 3 is 2.63 bits per heavy atom. The van der Waals surface area contributed by atoms with Gasteiger partial charge >= 0.3 is 0 Å². The second kappa shape index (κ2) is 8.00. The number of benzene rings is 1. The molecule has 0 spiro atoms. The molecule has 0 saturated carbocycles. The third kappa shape index (κ3) is 4.71. The number of likely N-dealkylation sites (N-methyl/N-ethyl adjacent to an activating group) is 1. The van der Waals surface area contributed by atoms with Crippen LogP contribution in [0.3, 0.4) is 0 Å². The zero-order chi connectivity index (χ0) is 14.3. The van der Waals surface area contributed by atoms with Crippen molar-refractivity contribution in [3.8, 4) is 11.8 Å². The molecule has 2 N–H and O–H groups in total. The van der Waals surface area contributed by atoms with E-state index in [1.807, 2.05) is 0 Å². The van der Waals surface area contributed by atoms with Crippen LogP contribution in [0.25, 0.3) is 0 Å². The van der Waals surface area contributed by atoms with Gasteiger partial charge in [-0.2, -0.15) is 5.26 Å². The van der Waals surface area contributed by atoms with E-state index < -0.39 is 6.04 Å². The van der Waals surface area contributed by atoms with Crippen molar-refractivity contribution in [1.82, 2.24) is 10.2 Å². The molecule has 0 saturated heterocycles. The molecule has 0 heterocycles. The lowest BCUT2D eigenvalue weighted by atomic mass is 10.1. The molecule has 1 aromatic rings. The van der Waals surface area contributed by atoms with Crippen LogP contribution in [0.1, 0.15) is 25.5 Å². The summed E-state index contributed by atoms with van der Waals surface area (Å²) in [5.74, 6) is 0.0326. The number of phenolic OH excluding ortho intramolecular Hbond substituents is 1. The smallest absolute Gasteiger partial charge is 0.134 e. The van der Waals surface area contributed by atoms with Crippen LogP contribution in [0.5, 0.6) is 5.75 Å². The molecule has 0 aromatic heterocycles. The Morgan fingerprint density at radius 2 is 2.11 bits per heavy atom. The van der Waals surface area contributed by atoms with Gasteiger partial charge in [0.25, 0.3) is 0 Å². The van der Waals surface area contributed by atoms with Crippen molar-refractivity contribution >= 4 is 11.6 Å². The van der Waals surface area contributed by atoms with Gasteiger partial charge < -0.3 is 10.0 Å². The van der Waals surface area contributed by atoms with Crippen molar-refractivity contribution in [2.45, 2.75) is 19.9 Å². The molecule has 1 rings (SSSR count). The molecule has 4 nitrogen and oxygen atoms in total. The molecule has 0 bridgehead atoms. The van der Waals surface area contributed by atoms with Gasteiger partial charge in [0.05, 0.1) is 11.1 Å². The topological polar surface area (TPSA) is 59.3 Å². The number of nitrogens with one attached hydrogen (secondary N) is 1. The van der Waals surface area contributed by atoms with E-state index in [0.717, 1.165) is 31.7 Å². The fourth-order valence-corrected chi connectivity index (χ4v) is 2.04. The third-order valence-corrected chi connectivity index (χ3v) is 3.41. The molecule has 1 unspecified atom stereocenters. The first kappa shape index (κ1) is 15.8. The summed E-state index contributed by atoms with van der Waals surface area (Å²) < 4.78 is 0. The second-order valence-corrected chi connectivity index (χ2v) is 4.66. The van der Waals surface area contributed by atoms with E-state index >= 15 is 0 Å². The maximum Gasteiger partial charge on any atom is 0.134 e. The van der Waals surface area contributed by atoms with Crippen molar-refractivity contribution < 1.29 is 5.11 Å². The van der Waals surface area contributed by atoms with E-state index in [1.54, 1.807) is 12.1 Å². The summed E-state index contributed by atoms with van der Waals surface area (Å²) in [6.07, 6.45) is 0. The summed E-state index contributed by atoms with van der Waals surface area (Å²) in [7, 11) is 0. The Labute approximate surface area is 119 Å². The molecule has 0 aliphatic rings. The van der Waals surface area contributed by atoms with Crippen molar-refractivity contribution in [2.75, 3.05) is 26.2 Å². The van der Waals surface area contributed by atoms with Gasteiger partial charge in [-0.1, -0.05) is 31.5 Å². The van der Waals surface area contributed by atoms with Gasteiger partial charge in [-0.05, 0) is 30.8 Å². The molecule has 1 atom stereocenters. The largest absolute Gasteiger partial charge is 0.506 e. The lowest BCUT2D eigenvalue weighted by Crippen LogP contribution is -2.33. The summed E-state index contributed by atoms with van der Waals surface area (Å²) in [5, 5.41) is 22.0. The highest BCUT2D eigenvalue weighted by atomic mass is 35.5. The molecular formula is C14H20ClN3O. The normalized spacial score (nSPS) is 12.4. The van der Waals surface area contributed by atoms with Gasteiger partial charge in [0.2, 0.25) is 0 Å². The third-order valence-electron chi connectivity index (χ3n) is 3.11. The Balaban J connectivity index is 2.59. The predicted octanol–water partition coefficient (Wildman–Crippen LogP) is 2.54. The molecule has 104 valence electrons. The van der Waals surface area contributed by atoms with Crippen molar-refractivity contribution in [3.05, 3.63) is 28.8 Å². The molecule has 0 aliphatic heterocycles. The fraction of sp³-hybridized carbons (Fsp3) is 0.500. The Hall–Kier alpha value is -1.28. The summed E-state index contributed by atoms with van der Waals surface area (Å²) in [6, 6.07) is 6.63. The number of hydrogen-bond acceptors (Lipinski definition) is 4. The van der Waals surface area contributed by atoms with Crippen LogP contribution >= 0.6 is 11.6 Å². The molecular weight excluding hydrogens is 262 g/mol. The van der Waals surface area contributed by atoms with Crippen molar-refractivity contribution in [2.24, 2.45) is 0 Å². The Bertz CT molecular complexity index is 441. The first-order chi connectivity index (χ1) is 9.12. The maximum absolute atomic E-state index is 9.37. The minimum atomic E-state index is -0.409. The summed E-state index contributed by atoms with van der Waals surface area (Å²) in [6.45, 7) is 7.87. The molecule has 0 aliphatic carbocycles. The number of phenols is 1. The summed E-state index contributed by atoms with van der Waals surface area (Å²) >= 11 is 5.85. The van der Waals surface area contributed by atoms with Gasteiger partial charge in [0.15, 0.2) is 0 Å². The number of hydrogen-bond donors (Lipinski definition) is 2. The van der Waals surface area contributed by atoms with E-state index in [-0.39, 0.29) is 10.8 Å².